The minimum atomic E-state index is -0.129. The molecule has 5 aliphatic rings. The van der Waals surface area contributed by atoms with Gasteiger partial charge in [0.2, 0.25) is 6.71 Å². The summed E-state index contributed by atoms with van der Waals surface area (Å²) >= 11 is 1.90. The molecule has 312 valence electrons. The smallest absolute Gasteiger partial charge is 0.248 e. The molecule has 1 aromatic heterocycles. The van der Waals surface area contributed by atoms with Gasteiger partial charge < -0.3 is 4.90 Å². The van der Waals surface area contributed by atoms with Gasteiger partial charge in [0.1, 0.15) is 0 Å². The van der Waals surface area contributed by atoms with Crippen molar-refractivity contribution in [1.29, 1.82) is 0 Å². The maximum atomic E-state index is 2.66. The van der Waals surface area contributed by atoms with Gasteiger partial charge in [0.15, 0.2) is 0 Å². The number of nitrogens with zero attached hydrogens (tertiary/aromatic N) is 1. The monoisotopic (exact) mass is 859 g/mol. The molecule has 9 aromatic carbocycles. The highest BCUT2D eigenvalue weighted by molar-refractivity contribution is 7.25. The van der Waals surface area contributed by atoms with Crippen LogP contribution in [0.2, 0.25) is 0 Å². The first-order chi connectivity index (χ1) is 32.0. The minimum Gasteiger partial charge on any atom is -0.311 e. The van der Waals surface area contributed by atoms with E-state index in [1.54, 1.807) is 0 Å². The molecular weight excluding hydrogens is 814 g/mol. The molecule has 2 aliphatic heterocycles. The summed E-state index contributed by atoms with van der Waals surface area (Å²) in [6, 6.07) is 66.2. The van der Waals surface area contributed by atoms with Crippen molar-refractivity contribution in [1.82, 2.24) is 0 Å². The quantitative estimate of drug-likeness (QED) is 0.157. The SMILES string of the molecule is CC1(C)c2ccccc2-c2cc(N3c4cc5c(cc4B4c6cc7c(cc6-c6cc(-c8ccc9c(c8)sc8ccccc89)cc3c64)-c3ccccc3C7(C)C)C(C)(C)c3ccccc3-5)ccc21. The molecule has 3 heterocycles. The van der Waals surface area contributed by atoms with Crippen LogP contribution >= 0.6 is 11.3 Å². The molecule has 0 saturated heterocycles. The van der Waals surface area contributed by atoms with Crippen LogP contribution in [-0.2, 0) is 16.2 Å². The highest BCUT2D eigenvalue weighted by atomic mass is 32.1. The van der Waals surface area contributed by atoms with Crippen LogP contribution in [0.4, 0.5) is 17.1 Å². The van der Waals surface area contributed by atoms with Gasteiger partial charge in [-0.25, -0.2) is 0 Å². The lowest BCUT2D eigenvalue weighted by Crippen LogP contribution is -2.55. The highest BCUT2D eigenvalue weighted by Gasteiger charge is 2.48. The van der Waals surface area contributed by atoms with Gasteiger partial charge in [-0.3, -0.25) is 0 Å². The van der Waals surface area contributed by atoms with Crippen LogP contribution in [0.15, 0.2) is 170 Å². The summed E-state index contributed by atoms with van der Waals surface area (Å²) < 4.78 is 2.67. The van der Waals surface area contributed by atoms with E-state index in [4.69, 9.17) is 0 Å². The predicted octanol–water partition coefficient (Wildman–Crippen LogP) is 14.9. The fraction of sp³-hybridized carbons (Fsp3) is 0.143. The van der Waals surface area contributed by atoms with Gasteiger partial charge in [-0.2, -0.15) is 0 Å². The molecule has 15 rings (SSSR count). The van der Waals surface area contributed by atoms with Crippen molar-refractivity contribution in [3.63, 3.8) is 0 Å². The van der Waals surface area contributed by atoms with Crippen molar-refractivity contribution in [3.8, 4) is 55.6 Å². The third-order valence-corrected chi connectivity index (χ3v) is 18.0. The Bertz CT molecular complexity index is 3880. The van der Waals surface area contributed by atoms with E-state index in [1.807, 2.05) is 11.3 Å². The third kappa shape index (κ3) is 4.53. The Morgan fingerprint density at radius 2 is 0.924 bits per heavy atom. The molecule has 0 bridgehead atoms. The molecule has 10 aromatic rings. The van der Waals surface area contributed by atoms with Crippen molar-refractivity contribution < 1.29 is 0 Å². The summed E-state index contributed by atoms with van der Waals surface area (Å²) in [5, 5.41) is 2.67. The molecule has 66 heavy (non-hydrogen) atoms. The Hall–Kier alpha value is -6.94. The van der Waals surface area contributed by atoms with Crippen molar-refractivity contribution in [3.05, 3.63) is 203 Å². The lowest BCUT2D eigenvalue weighted by molar-refractivity contribution is 0.660. The number of fused-ring (bicyclic) bond motifs is 17. The topological polar surface area (TPSA) is 3.24 Å². The molecule has 3 aliphatic carbocycles. The third-order valence-electron chi connectivity index (χ3n) is 16.9. The molecule has 0 unspecified atom stereocenters. The number of anilines is 3. The van der Waals surface area contributed by atoms with Crippen LogP contribution in [0.5, 0.6) is 0 Å². The molecule has 1 nitrogen and oxygen atoms in total. The van der Waals surface area contributed by atoms with Crippen molar-refractivity contribution >= 4 is 71.7 Å². The second kappa shape index (κ2) is 12.3. The van der Waals surface area contributed by atoms with Gasteiger partial charge in [0, 0.05) is 53.5 Å². The van der Waals surface area contributed by atoms with Crippen LogP contribution in [0, 0.1) is 0 Å². The first-order valence-corrected chi connectivity index (χ1v) is 24.5. The predicted molar refractivity (Wildman–Crippen MR) is 282 cm³/mol. The van der Waals surface area contributed by atoms with Crippen LogP contribution in [0.1, 0.15) is 74.9 Å². The van der Waals surface area contributed by atoms with Crippen LogP contribution in [0.3, 0.4) is 0 Å². The summed E-state index contributed by atoms with van der Waals surface area (Å²) in [7, 11) is 0. The second-order valence-corrected chi connectivity index (χ2v) is 22.3. The molecule has 0 fully saturated rings. The van der Waals surface area contributed by atoms with Gasteiger partial charge >= 0.3 is 0 Å². The number of hydrogen-bond donors (Lipinski definition) is 0. The number of thiophene rings is 1. The van der Waals surface area contributed by atoms with Gasteiger partial charge in [-0.05, 0) is 148 Å². The average Bonchev–Trinajstić information content (AvgIpc) is 4.06. The summed E-state index contributed by atoms with van der Waals surface area (Å²) in [4.78, 5) is 2.66. The summed E-state index contributed by atoms with van der Waals surface area (Å²) in [6.45, 7) is 14.6. The van der Waals surface area contributed by atoms with Gasteiger partial charge in [0.05, 0.1) is 0 Å². The van der Waals surface area contributed by atoms with Gasteiger partial charge in [-0.1, -0.05) is 168 Å². The molecule has 0 saturated carbocycles. The van der Waals surface area contributed by atoms with E-state index in [9.17, 15) is 0 Å². The van der Waals surface area contributed by atoms with Crippen molar-refractivity contribution in [2.75, 3.05) is 4.90 Å². The summed E-state index contributed by atoms with van der Waals surface area (Å²) in [5.41, 5.74) is 29.6. The van der Waals surface area contributed by atoms with E-state index in [-0.39, 0.29) is 23.0 Å². The normalized spacial score (nSPS) is 16.3. The number of benzene rings is 9. The van der Waals surface area contributed by atoms with Gasteiger partial charge in [0.25, 0.3) is 0 Å². The minimum absolute atomic E-state index is 0.0771. The second-order valence-electron chi connectivity index (χ2n) is 21.2. The Labute approximate surface area is 391 Å². The molecular formula is C63H46BNS. The van der Waals surface area contributed by atoms with E-state index < -0.39 is 0 Å². The van der Waals surface area contributed by atoms with Crippen LogP contribution in [0.25, 0.3) is 75.8 Å². The number of rotatable bonds is 2. The Balaban J connectivity index is 1.05. The molecule has 0 amide bonds. The lowest BCUT2D eigenvalue weighted by Gasteiger charge is -2.38. The average molecular weight is 860 g/mol. The maximum Gasteiger partial charge on any atom is 0.248 e. The van der Waals surface area contributed by atoms with E-state index in [0.717, 1.165) is 0 Å². The first-order valence-electron chi connectivity index (χ1n) is 23.7. The molecule has 0 atom stereocenters. The zero-order valence-corrected chi connectivity index (χ0v) is 38.9. The van der Waals surface area contributed by atoms with Crippen molar-refractivity contribution in [2.45, 2.75) is 57.8 Å². The molecule has 0 radical (unpaired) electrons. The van der Waals surface area contributed by atoms with E-state index >= 15 is 0 Å². The van der Waals surface area contributed by atoms with Crippen LogP contribution in [-0.4, -0.2) is 6.71 Å². The van der Waals surface area contributed by atoms with Gasteiger partial charge in [-0.15, -0.1) is 11.3 Å². The largest absolute Gasteiger partial charge is 0.311 e. The Morgan fingerprint density at radius 3 is 1.62 bits per heavy atom. The van der Waals surface area contributed by atoms with E-state index in [0.29, 0.717) is 0 Å². The molecule has 0 spiro atoms. The molecule has 0 N–H and O–H groups in total. The lowest BCUT2D eigenvalue weighted by atomic mass is 9.36. The Kier molecular flexibility index (Phi) is 6.94. The fourth-order valence-corrected chi connectivity index (χ4v) is 14.7. The van der Waals surface area contributed by atoms with Crippen LogP contribution < -0.4 is 21.3 Å². The number of hydrogen-bond acceptors (Lipinski definition) is 2. The summed E-state index contributed by atoms with van der Waals surface area (Å²) in [6.07, 6.45) is 0. The summed E-state index contributed by atoms with van der Waals surface area (Å²) in [5.74, 6) is 0. The standard InChI is InChI=1S/C63H46BNS/c1-61(2)48-19-11-7-15-38(48)43-30-37(24-26-51(43)61)65-56-32-45-40-17-9-13-21-50(40)63(5,6)53(45)34-55(56)64-54-33-52-44(39-16-8-12-20-49(39)62(52,3)4)31-46(54)47-27-36(28-57(65)60(47)64)35-23-25-42-41-18-10-14-22-58(41)66-59(42)29-35/h7-34H,1-6H3. The Morgan fingerprint density at radius 1 is 0.364 bits per heavy atom. The molecule has 3 heteroatoms. The van der Waals surface area contributed by atoms with E-state index in [1.165, 1.54) is 143 Å². The van der Waals surface area contributed by atoms with E-state index in [2.05, 4.69) is 216 Å². The maximum absolute atomic E-state index is 2.66. The zero-order valence-electron chi connectivity index (χ0n) is 38.1. The van der Waals surface area contributed by atoms with Crippen molar-refractivity contribution in [2.24, 2.45) is 0 Å². The highest BCUT2D eigenvalue weighted by Crippen LogP contribution is 2.56. The first kappa shape index (κ1) is 37.3. The zero-order chi connectivity index (χ0) is 44.2. The fourth-order valence-electron chi connectivity index (χ4n) is 13.6.